The summed E-state index contributed by atoms with van der Waals surface area (Å²) in [6.45, 7) is 0. The van der Waals surface area contributed by atoms with Crippen molar-refractivity contribution in [3.05, 3.63) is 58.1 Å². The lowest BCUT2D eigenvalue weighted by Gasteiger charge is -2.24. The SMILES string of the molecule is N#CC1(CCCBr)c2ccccc2-c2ccc(Br)cc21. The van der Waals surface area contributed by atoms with Gasteiger partial charge in [0.15, 0.2) is 0 Å². The van der Waals surface area contributed by atoms with Gasteiger partial charge in [-0.1, -0.05) is 62.2 Å². The molecule has 2 aromatic carbocycles. The first kappa shape index (κ1) is 13.9. The molecule has 0 fully saturated rings. The Morgan fingerprint density at radius 3 is 2.55 bits per heavy atom. The Bertz CT molecular complexity index is 702. The molecular formula is C17H13Br2N. The van der Waals surface area contributed by atoms with E-state index in [0.29, 0.717) is 0 Å². The molecule has 3 rings (SSSR count). The molecule has 0 saturated heterocycles. The van der Waals surface area contributed by atoms with Crippen molar-refractivity contribution in [2.24, 2.45) is 0 Å². The molecule has 0 spiro atoms. The monoisotopic (exact) mass is 389 g/mol. The molecule has 0 heterocycles. The normalized spacial score (nSPS) is 19.2. The molecule has 2 aromatic rings. The number of alkyl halides is 1. The largest absolute Gasteiger partial charge is 0.197 e. The Kier molecular flexibility index (Phi) is 3.70. The third-order valence-corrected chi connectivity index (χ3v) is 5.05. The fourth-order valence-corrected chi connectivity index (χ4v) is 3.76. The number of halogens is 2. The van der Waals surface area contributed by atoms with Gasteiger partial charge in [-0.05, 0) is 47.2 Å². The lowest BCUT2D eigenvalue weighted by Crippen LogP contribution is -2.23. The minimum absolute atomic E-state index is 0.510. The summed E-state index contributed by atoms with van der Waals surface area (Å²) in [6, 6.07) is 17.2. The summed E-state index contributed by atoms with van der Waals surface area (Å²) in [5.41, 5.74) is 4.17. The second kappa shape index (κ2) is 5.35. The molecule has 0 aromatic heterocycles. The van der Waals surface area contributed by atoms with Crippen LogP contribution >= 0.6 is 31.9 Å². The average molecular weight is 391 g/mol. The first-order valence-corrected chi connectivity index (χ1v) is 8.51. The lowest BCUT2D eigenvalue weighted by molar-refractivity contribution is 0.599. The minimum atomic E-state index is -0.510. The summed E-state index contributed by atoms with van der Waals surface area (Å²) in [5.74, 6) is 0. The predicted molar refractivity (Wildman–Crippen MR) is 89.0 cm³/mol. The summed E-state index contributed by atoms with van der Waals surface area (Å²) in [6.07, 6.45) is 1.82. The van der Waals surface area contributed by atoms with Crippen LogP contribution in [0.5, 0.6) is 0 Å². The second-order valence-electron chi connectivity index (χ2n) is 5.05. The van der Waals surface area contributed by atoms with E-state index in [9.17, 15) is 5.26 Å². The summed E-state index contributed by atoms with van der Waals surface area (Å²) < 4.78 is 1.03. The fraction of sp³-hybridized carbons (Fsp3) is 0.235. The zero-order valence-corrected chi connectivity index (χ0v) is 14.0. The van der Waals surface area contributed by atoms with Crippen molar-refractivity contribution < 1.29 is 0 Å². The highest BCUT2D eigenvalue weighted by Crippen LogP contribution is 2.51. The fourth-order valence-electron chi connectivity index (χ4n) is 3.12. The van der Waals surface area contributed by atoms with E-state index in [4.69, 9.17) is 0 Å². The van der Waals surface area contributed by atoms with Gasteiger partial charge in [-0.25, -0.2) is 0 Å². The van der Waals surface area contributed by atoms with Crippen LogP contribution in [0.2, 0.25) is 0 Å². The summed E-state index contributed by atoms with van der Waals surface area (Å²) in [4.78, 5) is 0. The number of nitrogens with zero attached hydrogens (tertiary/aromatic N) is 1. The Balaban J connectivity index is 2.29. The lowest BCUT2D eigenvalue weighted by atomic mass is 9.76. The number of nitriles is 1. The Hall–Kier alpha value is -1.11. The van der Waals surface area contributed by atoms with Crippen molar-refractivity contribution in [2.75, 3.05) is 5.33 Å². The standard InChI is InChI=1S/C17H13Br2N/c18-9-3-8-17(11-20)15-5-2-1-4-13(15)14-7-6-12(19)10-16(14)17/h1-2,4-7,10H,3,8-9H2. The van der Waals surface area contributed by atoms with E-state index < -0.39 is 5.41 Å². The van der Waals surface area contributed by atoms with Crippen LogP contribution < -0.4 is 0 Å². The first-order chi connectivity index (χ1) is 9.73. The van der Waals surface area contributed by atoms with Crippen LogP contribution in [0.1, 0.15) is 24.0 Å². The van der Waals surface area contributed by atoms with E-state index in [2.05, 4.69) is 62.2 Å². The van der Waals surface area contributed by atoms with Gasteiger partial charge < -0.3 is 0 Å². The number of rotatable bonds is 3. The van der Waals surface area contributed by atoms with E-state index in [1.54, 1.807) is 0 Å². The number of fused-ring (bicyclic) bond motifs is 3. The van der Waals surface area contributed by atoms with Gasteiger partial charge in [0.05, 0.1) is 6.07 Å². The van der Waals surface area contributed by atoms with Crippen molar-refractivity contribution in [1.82, 2.24) is 0 Å². The predicted octanol–water partition coefficient (Wildman–Crippen LogP) is 5.41. The zero-order valence-electron chi connectivity index (χ0n) is 10.9. The van der Waals surface area contributed by atoms with Crippen LogP contribution in [0.4, 0.5) is 0 Å². The Morgan fingerprint density at radius 2 is 1.80 bits per heavy atom. The van der Waals surface area contributed by atoms with Gasteiger partial charge in [0.1, 0.15) is 5.41 Å². The molecule has 1 aliphatic rings. The highest BCUT2D eigenvalue weighted by molar-refractivity contribution is 9.10. The molecule has 20 heavy (non-hydrogen) atoms. The highest BCUT2D eigenvalue weighted by Gasteiger charge is 2.43. The van der Waals surface area contributed by atoms with Crippen LogP contribution in [0.15, 0.2) is 46.9 Å². The molecule has 3 heteroatoms. The molecule has 1 nitrogen and oxygen atoms in total. The molecule has 0 aliphatic heterocycles. The van der Waals surface area contributed by atoms with Crippen molar-refractivity contribution in [1.29, 1.82) is 5.26 Å². The van der Waals surface area contributed by atoms with E-state index in [0.717, 1.165) is 33.8 Å². The first-order valence-electron chi connectivity index (χ1n) is 6.60. The molecule has 0 bridgehead atoms. The Labute approximate surface area is 135 Å². The van der Waals surface area contributed by atoms with Crippen LogP contribution in [-0.2, 0) is 5.41 Å². The molecule has 0 radical (unpaired) electrons. The maximum atomic E-state index is 9.95. The van der Waals surface area contributed by atoms with Crippen molar-refractivity contribution >= 4 is 31.9 Å². The topological polar surface area (TPSA) is 23.8 Å². The Morgan fingerprint density at radius 1 is 1.05 bits per heavy atom. The summed E-state index contributed by atoms with van der Waals surface area (Å²) >= 11 is 7.03. The molecule has 0 saturated carbocycles. The molecule has 1 aliphatic carbocycles. The van der Waals surface area contributed by atoms with E-state index >= 15 is 0 Å². The van der Waals surface area contributed by atoms with E-state index in [1.165, 1.54) is 11.1 Å². The summed E-state index contributed by atoms with van der Waals surface area (Å²) in [7, 11) is 0. The molecule has 0 N–H and O–H groups in total. The van der Waals surface area contributed by atoms with Gasteiger partial charge in [0.25, 0.3) is 0 Å². The molecule has 1 atom stereocenters. The van der Waals surface area contributed by atoms with Gasteiger partial charge in [-0.3, -0.25) is 0 Å². The van der Waals surface area contributed by atoms with Crippen LogP contribution in [0.3, 0.4) is 0 Å². The molecule has 100 valence electrons. The molecular weight excluding hydrogens is 378 g/mol. The number of hydrogen-bond acceptors (Lipinski definition) is 1. The van der Waals surface area contributed by atoms with Crippen LogP contribution in [0.25, 0.3) is 11.1 Å². The van der Waals surface area contributed by atoms with Crippen molar-refractivity contribution in [3.63, 3.8) is 0 Å². The minimum Gasteiger partial charge on any atom is -0.197 e. The van der Waals surface area contributed by atoms with Gasteiger partial charge >= 0.3 is 0 Å². The van der Waals surface area contributed by atoms with Gasteiger partial charge in [-0.2, -0.15) is 5.26 Å². The van der Waals surface area contributed by atoms with Crippen molar-refractivity contribution in [2.45, 2.75) is 18.3 Å². The average Bonchev–Trinajstić information content (AvgIpc) is 2.75. The number of hydrogen-bond donors (Lipinski definition) is 0. The zero-order chi connectivity index (χ0) is 14.2. The maximum Gasteiger partial charge on any atom is 0.108 e. The van der Waals surface area contributed by atoms with E-state index in [1.807, 2.05) is 18.2 Å². The quantitative estimate of drug-likeness (QED) is 0.642. The molecule has 1 unspecified atom stereocenters. The number of benzene rings is 2. The maximum absolute atomic E-state index is 9.95. The molecule has 0 amide bonds. The van der Waals surface area contributed by atoms with Crippen LogP contribution in [-0.4, -0.2) is 5.33 Å². The van der Waals surface area contributed by atoms with Gasteiger partial charge in [0, 0.05) is 9.80 Å². The van der Waals surface area contributed by atoms with Crippen LogP contribution in [0, 0.1) is 11.3 Å². The second-order valence-corrected chi connectivity index (χ2v) is 6.75. The van der Waals surface area contributed by atoms with Gasteiger partial charge in [0.2, 0.25) is 0 Å². The van der Waals surface area contributed by atoms with E-state index in [-0.39, 0.29) is 0 Å². The third kappa shape index (κ3) is 1.94. The summed E-state index contributed by atoms with van der Waals surface area (Å²) in [5, 5.41) is 10.9. The van der Waals surface area contributed by atoms with Gasteiger partial charge in [-0.15, -0.1) is 0 Å². The smallest absolute Gasteiger partial charge is 0.108 e. The third-order valence-electron chi connectivity index (χ3n) is 3.99. The van der Waals surface area contributed by atoms with Crippen molar-refractivity contribution in [3.8, 4) is 17.2 Å². The highest BCUT2D eigenvalue weighted by atomic mass is 79.9.